The number of ether oxygens (including phenoxy) is 1. The highest BCUT2D eigenvalue weighted by molar-refractivity contribution is 4.62. The summed E-state index contributed by atoms with van der Waals surface area (Å²) in [5, 5.41) is 0. The van der Waals surface area contributed by atoms with Gasteiger partial charge in [0.1, 0.15) is 0 Å². The normalized spacial score (nSPS) is 7.40. The monoisotopic (exact) mass is 71.0 g/mol. The molecule has 0 aromatic rings. The summed E-state index contributed by atoms with van der Waals surface area (Å²) >= 11 is 0. The van der Waals surface area contributed by atoms with E-state index in [0.717, 1.165) is 0 Å². The van der Waals surface area contributed by atoms with Gasteiger partial charge in [0.2, 0.25) is 0 Å². The lowest BCUT2D eigenvalue weighted by atomic mass is 10.7. The molecule has 0 spiro atoms. The minimum absolute atomic E-state index is 0.542. The topological polar surface area (TPSA) is 9.23 Å². The highest BCUT2D eigenvalue weighted by Crippen LogP contribution is 1.63. The summed E-state index contributed by atoms with van der Waals surface area (Å²) in [7, 11) is 3.10. The Bertz CT molecular complexity index is 24.8. The standard InChI is InChI=1S/C4H7O/c1-3-4-5-2/h3H,1-2,4H2. The van der Waals surface area contributed by atoms with Crippen molar-refractivity contribution < 1.29 is 4.74 Å². The first-order valence-corrected chi connectivity index (χ1v) is 1.39. The van der Waals surface area contributed by atoms with Crippen LogP contribution in [0.15, 0.2) is 12.7 Å². The second kappa shape index (κ2) is 3.70. The van der Waals surface area contributed by atoms with E-state index < -0.39 is 0 Å². The second-order valence-electron chi connectivity index (χ2n) is 0.659. The van der Waals surface area contributed by atoms with E-state index in [1.54, 1.807) is 6.08 Å². The van der Waals surface area contributed by atoms with Gasteiger partial charge in [0.05, 0.1) is 13.7 Å². The highest BCUT2D eigenvalue weighted by Gasteiger charge is 1.58. The largest absolute Gasteiger partial charge is 0.375 e. The van der Waals surface area contributed by atoms with Crippen LogP contribution in [0, 0.1) is 7.11 Å². The van der Waals surface area contributed by atoms with Crippen molar-refractivity contribution in [3.05, 3.63) is 19.8 Å². The molecule has 0 unspecified atom stereocenters. The summed E-state index contributed by atoms with van der Waals surface area (Å²) in [4.78, 5) is 0. The van der Waals surface area contributed by atoms with Gasteiger partial charge >= 0.3 is 0 Å². The van der Waals surface area contributed by atoms with E-state index in [1.807, 2.05) is 0 Å². The fraction of sp³-hybridized carbons (Fsp3) is 0.250. The molecule has 1 radical (unpaired) electrons. The van der Waals surface area contributed by atoms with E-state index in [1.165, 1.54) is 0 Å². The summed E-state index contributed by atoms with van der Waals surface area (Å²) in [6.07, 6.45) is 1.65. The van der Waals surface area contributed by atoms with Crippen LogP contribution in [0.3, 0.4) is 0 Å². The molecule has 0 N–H and O–H groups in total. The molecule has 0 amide bonds. The van der Waals surface area contributed by atoms with E-state index >= 15 is 0 Å². The van der Waals surface area contributed by atoms with Crippen LogP contribution in [0.2, 0.25) is 0 Å². The molecule has 1 heteroatoms. The van der Waals surface area contributed by atoms with Crippen molar-refractivity contribution >= 4 is 0 Å². The van der Waals surface area contributed by atoms with Crippen molar-refractivity contribution in [3.8, 4) is 0 Å². The van der Waals surface area contributed by atoms with Crippen molar-refractivity contribution in [2.75, 3.05) is 6.61 Å². The lowest BCUT2D eigenvalue weighted by Crippen LogP contribution is -1.73. The van der Waals surface area contributed by atoms with Gasteiger partial charge in [0.15, 0.2) is 0 Å². The molecule has 0 heterocycles. The summed E-state index contributed by atoms with van der Waals surface area (Å²) in [6.45, 7) is 3.93. The summed E-state index contributed by atoms with van der Waals surface area (Å²) in [6, 6.07) is 0. The molecular weight excluding hydrogens is 64.0 g/mol. The third-order valence-corrected chi connectivity index (χ3v) is 0.236. The molecule has 0 aliphatic rings. The van der Waals surface area contributed by atoms with E-state index in [2.05, 4.69) is 18.4 Å². The second-order valence-corrected chi connectivity index (χ2v) is 0.659. The summed E-state index contributed by atoms with van der Waals surface area (Å²) in [5.74, 6) is 0. The van der Waals surface area contributed by atoms with Gasteiger partial charge in [-0.15, -0.1) is 6.58 Å². The van der Waals surface area contributed by atoms with Crippen LogP contribution in [-0.4, -0.2) is 6.61 Å². The molecule has 0 bridgehead atoms. The highest BCUT2D eigenvalue weighted by atomic mass is 16.5. The number of rotatable bonds is 2. The van der Waals surface area contributed by atoms with Crippen molar-refractivity contribution in [1.82, 2.24) is 0 Å². The van der Waals surface area contributed by atoms with E-state index in [9.17, 15) is 0 Å². The van der Waals surface area contributed by atoms with Crippen LogP contribution in [-0.2, 0) is 4.74 Å². The maximum Gasteiger partial charge on any atom is 0.0704 e. The van der Waals surface area contributed by atoms with Crippen LogP contribution < -0.4 is 0 Å². The third kappa shape index (κ3) is 3.70. The molecule has 0 fully saturated rings. The Hall–Kier alpha value is -0.300. The summed E-state index contributed by atoms with van der Waals surface area (Å²) < 4.78 is 4.32. The molecular formula is C4H7O. The Morgan fingerprint density at radius 2 is 2.40 bits per heavy atom. The lowest BCUT2D eigenvalue weighted by Gasteiger charge is -1.78. The average molecular weight is 71.1 g/mol. The van der Waals surface area contributed by atoms with E-state index in [0.29, 0.717) is 6.61 Å². The molecule has 0 aliphatic carbocycles. The van der Waals surface area contributed by atoms with Crippen molar-refractivity contribution in [2.24, 2.45) is 0 Å². The minimum Gasteiger partial charge on any atom is -0.375 e. The fourth-order valence-electron chi connectivity index (χ4n) is 0.0833. The van der Waals surface area contributed by atoms with Crippen LogP contribution in [0.25, 0.3) is 0 Å². The Morgan fingerprint density at radius 3 is 2.40 bits per heavy atom. The molecule has 0 aromatic heterocycles. The predicted octanol–water partition coefficient (Wildman–Crippen LogP) is 0.981. The Kier molecular flexibility index (Phi) is 3.48. The Balaban J connectivity index is 2.40. The first-order chi connectivity index (χ1) is 2.41. The predicted molar refractivity (Wildman–Crippen MR) is 21.5 cm³/mol. The maximum atomic E-state index is 4.32. The lowest BCUT2D eigenvalue weighted by molar-refractivity contribution is 0.282. The molecule has 0 atom stereocenters. The van der Waals surface area contributed by atoms with Gasteiger partial charge in [-0.3, -0.25) is 0 Å². The first-order valence-electron chi connectivity index (χ1n) is 1.39. The third-order valence-electron chi connectivity index (χ3n) is 0.236. The van der Waals surface area contributed by atoms with Crippen molar-refractivity contribution in [2.45, 2.75) is 0 Å². The van der Waals surface area contributed by atoms with Crippen LogP contribution in [0.4, 0.5) is 0 Å². The van der Waals surface area contributed by atoms with Gasteiger partial charge < -0.3 is 4.74 Å². The van der Waals surface area contributed by atoms with Crippen molar-refractivity contribution in [1.29, 1.82) is 0 Å². The van der Waals surface area contributed by atoms with Crippen LogP contribution >= 0.6 is 0 Å². The fourth-order valence-corrected chi connectivity index (χ4v) is 0.0833. The minimum atomic E-state index is 0.542. The van der Waals surface area contributed by atoms with Gasteiger partial charge in [-0.1, -0.05) is 6.08 Å². The Morgan fingerprint density at radius 1 is 1.80 bits per heavy atom. The molecule has 0 aliphatic heterocycles. The average Bonchev–Trinajstić information content (AvgIpc) is 1.41. The smallest absolute Gasteiger partial charge is 0.0704 e. The quantitative estimate of drug-likeness (QED) is 0.441. The van der Waals surface area contributed by atoms with Gasteiger partial charge in [-0.05, 0) is 0 Å². The van der Waals surface area contributed by atoms with E-state index in [-0.39, 0.29) is 0 Å². The molecule has 1 nitrogen and oxygen atoms in total. The molecule has 0 saturated carbocycles. The molecule has 0 aromatic carbocycles. The molecule has 0 saturated heterocycles. The maximum absolute atomic E-state index is 4.32. The zero-order valence-electron chi connectivity index (χ0n) is 3.11. The van der Waals surface area contributed by atoms with Crippen LogP contribution in [0.1, 0.15) is 0 Å². The zero-order valence-corrected chi connectivity index (χ0v) is 3.11. The van der Waals surface area contributed by atoms with Gasteiger partial charge in [0, 0.05) is 0 Å². The zero-order chi connectivity index (χ0) is 4.12. The molecule has 5 heavy (non-hydrogen) atoms. The number of hydrogen-bond acceptors (Lipinski definition) is 1. The molecule has 29 valence electrons. The summed E-state index contributed by atoms with van der Waals surface area (Å²) in [5.41, 5.74) is 0. The van der Waals surface area contributed by atoms with E-state index in [4.69, 9.17) is 0 Å². The molecule has 0 rings (SSSR count). The Labute approximate surface area is 32.3 Å². The van der Waals surface area contributed by atoms with Gasteiger partial charge in [0.25, 0.3) is 0 Å². The van der Waals surface area contributed by atoms with Crippen LogP contribution in [0.5, 0.6) is 0 Å². The van der Waals surface area contributed by atoms with Gasteiger partial charge in [-0.2, -0.15) is 0 Å². The SMILES string of the molecule is [CH2]OCC=C. The number of hydrogen-bond donors (Lipinski definition) is 0. The van der Waals surface area contributed by atoms with Gasteiger partial charge in [-0.25, -0.2) is 0 Å². The first kappa shape index (κ1) is 4.70. The van der Waals surface area contributed by atoms with Crippen molar-refractivity contribution in [3.63, 3.8) is 0 Å².